The van der Waals surface area contributed by atoms with E-state index in [1.165, 1.54) is 18.2 Å². The molecular weight excluding hydrogens is 231 g/mol. The van der Waals surface area contributed by atoms with Crippen molar-refractivity contribution in [1.29, 1.82) is 0 Å². The summed E-state index contributed by atoms with van der Waals surface area (Å²) in [5.74, 6) is -0.286. The van der Waals surface area contributed by atoms with Crippen LogP contribution in [0.15, 0.2) is 24.3 Å². The SMILES string of the molecule is Nc1cc(-c2ccc(Cl)cc2F)nc(N)n1. The number of nitrogen functional groups attached to an aromatic ring is 2. The van der Waals surface area contributed by atoms with Gasteiger partial charge in [-0.25, -0.2) is 9.37 Å². The number of nitrogens with zero attached hydrogens (tertiary/aromatic N) is 2. The molecule has 1 heterocycles. The average molecular weight is 239 g/mol. The van der Waals surface area contributed by atoms with Crippen LogP contribution in [-0.4, -0.2) is 9.97 Å². The van der Waals surface area contributed by atoms with Gasteiger partial charge in [0.1, 0.15) is 11.6 Å². The summed E-state index contributed by atoms with van der Waals surface area (Å²) in [5.41, 5.74) is 11.5. The zero-order chi connectivity index (χ0) is 11.7. The Morgan fingerprint density at radius 3 is 2.50 bits per heavy atom. The fraction of sp³-hybridized carbons (Fsp3) is 0. The number of aromatic nitrogens is 2. The Morgan fingerprint density at radius 2 is 1.88 bits per heavy atom. The molecule has 2 rings (SSSR count). The fourth-order valence-electron chi connectivity index (χ4n) is 1.32. The number of benzene rings is 1. The minimum absolute atomic E-state index is 0.00403. The van der Waals surface area contributed by atoms with Gasteiger partial charge >= 0.3 is 0 Å². The first-order valence-corrected chi connectivity index (χ1v) is 4.79. The lowest BCUT2D eigenvalue weighted by atomic mass is 10.1. The quantitative estimate of drug-likeness (QED) is 0.798. The molecule has 0 aliphatic rings. The van der Waals surface area contributed by atoms with Crippen LogP contribution in [0.4, 0.5) is 16.2 Å². The van der Waals surface area contributed by atoms with Crippen molar-refractivity contribution >= 4 is 23.4 Å². The molecule has 0 amide bonds. The van der Waals surface area contributed by atoms with Gasteiger partial charge in [-0.3, -0.25) is 0 Å². The molecule has 0 aliphatic carbocycles. The normalized spacial score (nSPS) is 10.4. The number of hydrogen-bond donors (Lipinski definition) is 2. The van der Waals surface area contributed by atoms with Crippen molar-refractivity contribution in [2.45, 2.75) is 0 Å². The summed E-state index contributed by atoms with van der Waals surface area (Å²) in [6, 6.07) is 5.72. The molecule has 0 bridgehead atoms. The van der Waals surface area contributed by atoms with Crippen molar-refractivity contribution in [2.24, 2.45) is 0 Å². The predicted molar refractivity (Wildman–Crippen MR) is 61.3 cm³/mol. The van der Waals surface area contributed by atoms with Crippen LogP contribution in [0.1, 0.15) is 0 Å². The number of hydrogen-bond acceptors (Lipinski definition) is 4. The molecule has 16 heavy (non-hydrogen) atoms. The molecule has 0 radical (unpaired) electrons. The van der Waals surface area contributed by atoms with E-state index in [0.29, 0.717) is 10.7 Å². The van der Waals surface area contributed by atoms with Gasteiger partial charge in [0.05, 0.1) is 5.69 Å². The second kappa shape index (κ2) is 3.94. The van der Waals surface area contributed by atoms with Gasteiger partial charge in [-0.1, -0.05) is 11.6 Å². The van der Waals surface area contributed by atoms with Gasteiger partial charge < -0.3 is 11.5 Å². The molecule has 0 fully saturated rings. The van der Waals surface area contributed by atoms with E-state index in [1.54, 1.807) is 6.07 Å². The minimum Gasteiger partial charge on any atom is -0.384 e. The Kier molecular flexibility index (Phi) is 2.62. The average Bonchev–Trinajstić information content (AvgIpc) is 2.15. The van der Waals surface area contributed by atoms with Gasteiger partial charge in [0, 0.05) is 16.7 Å². The van der Waals surface area contributed by atoms with Crippen LogP contribution in [0.2, 0.25) is 5.02 Å². The van der Waals surface area contributed by atoms with E-state index in [4.69, 9.17) is 23.1 Å². The summed E-state index contributed by atoms with van der Waals surface area (Å²) in [6.07, 6.45) is 0. The summed E-state index contributed by atoms with van der Waals surface area (Å²) in [7, 11) is 0. The van der Waals surface area contributed by atoms with Gasteiger partial charge in [0.25, 0.3) is 0 Å². The van der Waals surface area contributed by atoms with E-state index < -0.39 is 5.82 Å². The maximum atomic E-state index is 13.6. The largest absolute Gasteiger partial charge is 0.384 e. The summed E-state index contributed by atoms with van der Waals surface area (Å²) in [4.78, 5) is 7.60. The van der Waals surface area contributed by atoms with Crippen LogP contribution >= 0.6 is 11.6 Å². The Bertz CT molecular complexity index is 524. The highest BCUT2D eigenvalue weighted by atomic mass is 35.5. The number of rotatable bonds is 1. The zero-order valence-electron chi connectivity index (χ0n) is 8.11. The topological polar surface area (TPSA) is 77.8 Å². The Balaban J connectivity index is 2.58. The third kappa shape index (κ3) is 2.04. The zero-order valence-corrected chi connectivity index (χ0v) is 8.87. The summed E-state index contributed by atoms with van der Waals surface area (Å²) >= 11 is 5.64. The lowest BCUT2D eigenvalue weighted by molar-refractivity contribution is 0.631. The molecule has 0 unspecified atom stereocenters. The van der Waals surface area contributed by atoms with E-state index >= 15 is 0 Å². The van der Waals surface area contributed by atoms with Crippen LogP contribution in [0.3, 0.4) is 0 Å². The molecule has 0 atom stereocenters. The third-order valence-electron chi connectivity index (χ3n) is 1.97. The first-order chi connectivity index (χ1) is 7.56. The molecule has 4 N–H and O–H groups in total. The first-order valence-electron chi connectivity index (χ1n) is 4.42. The van der Waals surface area contributed by atoms with Crippen LogP contribution in [0.25, 0.3) is 11.3 Å². The van der Waals surface area contributed by atoms with Crippen molar-refractivity contribution in [1.82, 2.24) is 9.97 Å². The van der Waals surface area contributed by atoms with E-state index in [2.05, 4.69) is 9.97 Å². The number of nitrogens with two attached hydrogens (primary N) is 2. The Hall–Kier alpha value is -1.88. The van der Waals surface area contributed by atoms with Gasteiger partial charge in [-0.2, -0.15) is 4.98 Å². The standard InChI is InChI=1S/C10H8ClFN4/c11-5-1-2-6(7(12)3-5)8-4-9(13)16-10(14)15-8/h1-4H,(H4,13,14,15,16). The van der Waals surface area contributed by atoms with Crippen molar-refractivity contribution in [3.8, 4) is 11.3 Å². The molecule has 82 valence electrons. The van der Waals surface area contributed by atoms with Crippen molar-refractivity contribution < 1.29 is 4.39 Å². The molecule has 4 nitrogen and oxygen atoms in total. The molecule has 2 aromatic rings. The van der Waals surface area contributed by atoms with Gasteiger partial charge in [-0.05, 0) is 18.2 Å². The molecule has 0 saturated carbocycles. The molecule has 0 saturated heterocycles. The van der Waals surface area contributed by atoms with Gasteiger partial charge in [0.15, 0.2) is 0 Å². The summed E-state index contributed by atoms with van der Waals surface area (Å²) < 4.78 is 13.6. The van der Waals surface area contributed by atoms with Crippen molar-refractivity contribution in [3.05, 3.63) is 35.1 Å². The second-order valence-electron chi connectivity index (χ2n) is 3.16. The van der Waals surface area contributed by atoms with E-state index in [0.717, 1.165) is 0 Å². The smallest absolute Gasteiger partial charge is 0.222 e. The van der Waals surface area contributed by atoms with E-state index in [1.807, 2.05) is 0 Å². The molecule has 1 aromatic heterocycles. The van der Waals surface area contributed by atoms with Crippen LogP contribution in [-0.2, 0) is 0 Å². The molecule has 0 spiro atoms. The van der Waals surface area contributed by atoms with Crippen molar-refractivity contribution in [3.63, 3.8) is 0 Å². The van der Waals surface area contributed by atoms with Crippen LogP contribution in [0, 0.1) is 5.82 Å². The van der Waals surface area contributed by atoms with Gasteiger partial charge in [-0.15, -0.1) is 0 Å². The first kappa shape index (κ1) is 10.6. The number of halogens is 2. The number of anilines is 2. The highest BCUT2D eigenvalue weighted by molar-refractivity contribution is 6.30. The minimum atomic E-state index is -0.481. The fourth-order valence-corrected chi connectivity index (χ4v) is 1.48. The maximum absolute atomic E-state index is 13.6. The molecular formula is C10H8ClFN4. The summed E-state index contributed by atoms with van der Waals surface area (Å²) in [5, 5.41) is 0.316. The van der Waals surface area contributed by atoms with Gasteiger partial charge in [0.2, 0.25) is 5.95 Å². The highest BCUT2D eigenvalue weighted by Crippen LogP contribution is 2.25. The molecule has 1 aromatic carbocycles. The van der Waals surface area contributed by atoms with Crippen LogP contribution in [0.5, 0.6) is 0 Å². The Labute approximate surface area is 96.1 Å². The molecule has 6 heteroatoms. The highest BCUT2D eigenvalue weighted by Gasteiger charge is 2.08. The van der Waals surface area contributed by atoms with E-state index in [9.17, 15) is 4.39 Å². The predicted octanol–water partition coefficient (Wildman–Crippen LogP) is 2.10. The lowest BCUT2D eigenvalue weighted by Crippen LogP contribution is -2.01. The van der Waals surface area contributed by atoms with E-state index in [-0.39, 0.29) is 17.3 Å². The Morgan fingerprint density at radius 1 is 1.12 bits per heavy atom. The summed E-state index contributed by atoms with van der Waals surface area (Å²) in [6.45, 7) is 0. The lowest BCUT2D eigenvalue weighted by Gasteiger charge is -2.04. The monoisotopic (exact) mass is 238 g/mol. The molecule has 0 aliphatic heterocycles. The maximum Gasteiger partial charge on any atom is 0.222 e. The second-order valence-corrected chi connectivity index (χ2v) is 3.60. The van der Waals surface area contributed by atoms with Crippen LogP contribution < -0.4 is 11.5 Å². The van der Waals surface area contributed by atoms with Crippen molar-refractivity contribution in [2.75, 3.05) is 11.5 Å². The third-order valence-corrected chi connectivity index (χ3v) is 2.21.